The fourth-order valence-corrected chi connectivity index (χ4v) is 2.25. The molecule has 0 bridgehead atoms. The first-order chi connectivity index (χ1) is 7.88. The van der Waals surface area contributed by atoms with Crippen molar-refractivity contribution in [2.24, 2.45) is 11.8 Å². The lowest BCUT2D eigenvalue weighted by Gasteiger charge is -2.22. The van der Waals surface area contributed by atoms with Crippen LogP contribution in [0.25, 0.3) is 0 Å². The average Bonchev–Trinajstić information content (AvgIpc) is 2.38. The van der Waals surface area contributed by atoms with Gasteiger partial charge >= 0.3 is 0 Å². The predicted molar refractivity (Wildman–Crippen MR) is 67.1 cm³/mol. The maximum atomic E-state index is 5.32. The predicted octanol–water partition coefficient (Wildman–Crippen LogP) is 2.36. The van der Waals surface area contributed by atoms with Gasteiger partial charge in [-0.05, 0) is 30.9 Å². The van der Waals surface area contributed by atoms with Gasteiger partial charge in [0, 0.05) is 6.54 Å². The van der Waals surface area contributed by atoms with Crippen LogP contribution in [0.15, 0.2) is 18.2 Å². The van der Waals surface area contributed by atoms with E-state index >= 15 is 0 Å². The van der Waals surface area contributed by atoms with Gasteiger partial charge in [0.2, 0.25) is 0 Å². The third-order valence-electron chi connectivity index (χ3n) is 3.19. The first-order valence-electron chi connectivity index (χ1n) is 6.06. The number of nitrogen functional groups attached to an aromatic ring is 1. The molecule has 4 heteroatoms. The second-order valence-electron chi connectivity index (χ2n) is 4.44. The fraction of sp³-hybridized carbons (Fsp3) is 0.583. The van der Waals surface area contributed by atoms with Crippen molar-refractivity contribution in [3.8, 4) is 0 Å². The smallest absolute Gasteiger partial charge is 0.142 e. The minimum absolute atomic E-state index is 0.702. The van der Waals surface area contributed by atoms with Gasteiger partial charge in [-0.1, -0.05) is 25.3 Å². The zero-order chi connectivity index (χ0) is 11.2. The topological polar surface area (TPSA) is 63.0 Å². The quantitative estimate of drug-likeness (QED) is 0.538. The minimum Gasteiger partial charge on any atom is -0.370 e. The Kier molecular flexibility index (Phi) is 3.99. The zero-order valence-electron chi connectivity index (χ0n) is 9.58. The molecule has 4 N–H and O–H groups in total. The molecular weight excluding hydrogens is 200 g/mol. The number of hydrogen-bond donors (Lipinski definition) is 3. The van der Waals surface area contributed by atoms with Crippen molar-refractivity contribution < 1.29 is 0 Å². The normalized spacial score (nSPS) is 17.1. The van der Waals surface area contributed by atoms with Gasteiger partial charge in [0.1, 0.15) is 11.6 Å². The summed E-state index contributed by atoms with van der Waals surface area (Å²) in [6.07, 6.45) is 6.86. The van der Waals surface area contributed by atoms with E-state index in [4.69, 9.17) is 5.84 Å². The number of nitrogens with zero attached hydrogens (tertiary/aromatic N) is 1. The molecule has 1 saturated carbocycles. The van der Waals surface area contributed by atoms with Crippen LogP contribution in [0.1, 0.15) is 32.1 Å². The number of aromatic nitrogens is 1. The highest BCUT2D eigenvalue weighted by Gasteiger charge is 2.12. The molecule has 16 heavy (non-hydrogen) atoms. The summed E-state index contributed by atoms with van der Waals surface area (Å²) >= 11 is 0. The van der Waals surface area contributed by atoms with Crippen LogP contribution in [0.3, 0.4) is 0 Å². The van der Waals surface area contributed by atoms with E-state index in [-0.39, 0.29) is 0 Å². The summed E-state index contributed by atoms with van der Waals surface area (Å²) in [6, 6.07) is 5.78. The van der Waals surface area contributed by atoms with Gasteiger partial charge in [-0.2, -0.15) is 0 Å². The molecule has 1 fully saturated rings. The van der Waals surface area contributed by atoms with Crippen molar-refractivity contribution in [3.63, 3.8) is 0 Å². The Labute approximate surface area is 96.6 Å². The molecule has 4 nitrogen and oxygen atoms in total. The van der Waals surface area contributed by atoms with Crippen LogP contribution in [0.4, 0.5) is 11.6 Å². The van der Waals surface area contributed by atoms with Crippen LogP contribution < -0.4 is 16.6 Å². The Morgan fingerprint density at radius 2 is 1.94 bits per heavy atom. The average molecular weight is 220 g/mol. The number of rotatable bonds is 4. The molecule has 0 atom stereocenters. The zero-order valence-corrected chi connectivity index (χ0v) is 9.58. The third kappa shape index (κ3) is 3.10. The van der Waals surface area contributed by atoms with Gasteiger partial charge in [-0.25, -0.2) is 10.8 Å². The number of anilines is 2. The fourth-order valence-electron chi connectivity index (χ4n) is 2.25. The van der Waals surface area contributed by atoms with E-state index in [0.717, 1.165) is 18.3 Å². The van der Waals surface area contributed by atoms with Crippen molar-refractivity contribution in [1.29, 1.82) is 0 Å². The van der Waals surface area contributed by atoms with Gasteiger partial charge < -0.3 is 10.7 Å². The molecule has 0 unspecified atom stereocenters. The summed E-state index contributed by atoms with van der Waals surface area (Å²) in [6.45, 7) is 1.03. The highest BCUT2D eigenvalue weighted by Crippen LogP contribution is 2.23. The molecule has 1 aromatic rings. The highest BCUT2D eigenvalue weighted by atomic mass is 15.3. The monoisotopic (exact) mass is 220 g/mol. The Morgan fingerprint density at radius 3 is 2.69 bits per heavy atom. The van der Waals surface area contributed by atoms with E-state index < -0.39 is 0 Å². The molecule has 88 valence electrons. The van der Waals surface area contributed by atoms with Crippen LogP contribution in [0.5, 0.6) is 0 Å². The van der Waals surface area contributed by atoms with Crippen molar-refractivity contribution in [2.75, 3.05) is 17.3 Å². The van der Waals surface area contributed by atoms with Crippen molar-refractivity contribution in [3.05, 3.63) is 18.2 Å². The van der Waals surface area contributed by atoms with Crippen molar-refractivity contribution >= 4 is 11.6 Å². The summed E-state index contributed by atoms with van der Waals surface area (Å²) in [5.74, 6) is 7.73. The van der Waals surface area contributed by atoms with Crippen molar-refractivity contribution in [1.82, 2.24) is 4.98 Å². The van der Waals surface area contributed by atoms with E-state index in [1.165, 1.54) is 32.1 Å². The summed E-state index contributed by atoms with van der Waals surface area (Å²) in [4.78, 5) is 4.33. The Hall–Kier alpha value is -1.29. The molecule has 1 aliphatic carbocycles. The minimum atomic E-state index is 0.702. The van der Waals surface area contributed by atoms with Crippen LogP contribution >= 0.6 is 0 Å². The third-order valence-corrected chi connectivity index (χ3v) is 3.19. The molecular formula is C12H20N4. The lowest BCUT2D eigenvalue weighted by atomic mass is 9.89. The number of hydrogen-bond acceptors (Lipinski definition) is 4. The van der Waals surface area contributed by atoms with E-state index in [1.54, 1.807) is 0 Å². The van der Waals surface area contributed by atoms with Crippen LogP contribution in [-0.2, 0) is 0 Å². The van der Waals surface area contributed by atoms with Gasteiger partial charge in [0.05, 0.1) is 0 Å². The van der Waals surface area contributed by atoms with Crippen molar-refractivity contribution in [2.45, 2.75) is 32.1 Å². The van der Waals surface area contributed by atoms with Gasteiger partial charge in [0.15, 0.2) is 0 Å². The summed E-state index contributed by atoms with van der Waals surface area (Å²) in [7, 11) is 0. The maximum absolute atomic E-state index is 5.32. The standard InChI is InChI=1S/C12H20N4/c13-16-12-8-4-7-11(15-12)14-9-10-5-2-1-3-6-10/h4,7-8,10H,1-3,5-6,9,13H2,(H2,14,15,16). The molecule has 1 aromatic heterocycles. The summed E-state index contributed by atoms with van der Waals surface area (Å²) < 4.78 is 0. The molecule has 0 saturated heterocycles. The number of pyridine rings is 1. The van der Waals surface area contributed by atoms with E-state index in [1.807, 2.05) is 18.2 Å². The Balaban J connectivity index is 1.83. The molecule has 2 rings (SSSR count). The Bertz CT molecular complexity index is 321. The molecule has 0 aliphatic heterocycles. The SMILES string of the molecule is NNc1cccc(NCC2CCCCC2)n1. The Morgan fingerprint density at radius 1 is 1.19 bits per heavy atom. The first-order valence-corrected chi connectivity index (χ1v) is 6.06. The largest absolute Gasteiger partial charge is 0.370 e. The summed E-state index contributed by atoms with van der Waals surface area (Å²) in [5.41, 5.74) is 2.55. The lowest BCUT2D eigenvalue weighted by Crippen LogP contribution is -2.18. The van der Waals surface area contributed by atoms with E-state index in [0.29, 0.717) is 5.82 Å². The van der Waals surface area contributed by atoms with E-state index in [9.17, 15) is 0 Å². The highest BCUT2D eigenvalue weighted by molar-refractivity contribution is 5.44. The van der Waals surface area contributed by atoms with Crippen LogP contribution in [0, 0.1) is 5.92 Å². The molecule has 0 radical (unpaired) electrons. The first kappa shape index (κ1) is 11.2. The molecule has 0 aromatic carbocycles. The number of nitrogens with one attached hydrogen (secondary N) is 2. The molecule has 1 aliphatic rings. The second-order valence-corrected chi connectivity index (χ2v) is 4.44. The number of nitrogens with two attached hydrogens (primary N) is 1. The van der Waals surface area contributed by atoms with Crippen LogP contribution in [-0.4, -0.2) is 11.5 Å². The molecule has 0 amide bonds. The van der Waals surface area contributed by atoms with E-state index in [2.05, 4.69) is 15.7 Å². The maximum Gasteiger partial charge on any atom is 0.142 e. The second kappa shape index (κ2) is 5.70. The summed E-state index contributed by atoms with van der Waals surface area (Å²) in [5, 5.41) is 3.38. The van der Waals surface area contributed by atoms with Crippen LogP contribution in [0.2, 0.25) is 0 Å². The van der Waals surface area contributed by atoms with Gasteiger partial charge in [0.25, 0.3) is 0 Å². The number of hydrazine groups is 1. The molecule has 0 spiro atoms. The van der Waals surface area contributed by atoms with Gasteiger partial charge in [-0.3, -0.25) is 0 Å². The lowest BCUT2D eigenvalue weighted by molar-refractivity contribution is 0.373. The molecule has 1 heterocycles. The van der Waals surface area contributed by atoms with Gasteiger partial charge in [-0.15, -0.1) is 0 Å².